The molecule has 1 heterocycles. The van der Waals surface area contributed by atoms with E-state index in [0.29, 0.717) is 34.3 Å². The van der Waals surface area contributed by atoms with Crippen molar-refractivity contribution in [2.75, 3.05) is 5.32 Å². The summed E-state index contributed by atoms with van der Waals surface area (Å²) in [4.78, 5) is 24.5. The van der Waals surface area contributed by atoms with Crippen molar-refractivity contribution in [1.82, 2.24) is 14.8 Å². The number of carbonyl (C=O) groups is 2. The van der Waals surface area contributed by atoms with Crippen molar-refractivity contribution >= 4 is 29.1 Å². The molecule has 172 valence electrons. The lowest BCUT2D eigenvalue weighted by molar-refractivity contribution is -0.115. The van der Waals surface area contributed by atoms with Crippen molar-refractivity contribution in [2.45, 2.75) is 30.8 Å². The first-order chi connectivity index (χ1) is 16.4. The summed E-state index contributed by atoms with van der Waals surface area (Å²) in [6, 6.07) is 22.9. The molecule has 1 N–H and O–H groups in total. The maximum Gasteiger partial charge on any atom is 0.237 e. The number of halogens is 1. The van der Waals surface area contributed by atoms with Crippen LogP contribution in [0.4, 0.5) is 10.1 Å². The lowest BCUT2D eigenvalue weighted by atomic mass is 10.1. The smallest absolute Gasteiger partial charge is 0.237 e. The Bertz CT molecular complexity index is 1320. The summed E-state index contributed by atoms with van der Waals surface area (Å²) < 4.78 is 16.4. The highest BCUT2D eigenvalue weighted by Crippen LogP contribution is 2.29. The number of benzene rings is 3. The van der Waals surface area contributed by atoms with Gasteiger partial charge in [-0.2, -0.15) is 0 Å². The van der Waals surface area contributed by atoms with Crippen molar-refractivity contribution in [2.24, 2.45) is 0 Å². The molecule has 0 saturated carbocycles. The largest absolute Gasteiger partial charge is 0.325 e. The molecular weight excluding hydrogens is 451 g/mol. The van der Waals surface area contributed by atoms with E-state index in [0.717, 1.165) is 5.56 Å². The summed E-state index contributed by atoms with van der Waals surface area (Å²) in [6.45, 7) is 3.67. The zero-order chi connectivity index (χ0) is 24.1. The Kier molecular flexibility index (Phi) is 7.18. The van der Waals surface area contributed by atoms with Gasteiger partial charge in [0.05, 0.1) is 17.4 Å². The van der Waals surface area contributed by atoms with Crippen molar-refractivity contribution in [3.63, 3.8) is 0 Å². The predicted molar refractivity (Wildman–Crippen MR) is 131 cm³/mol. The van der Waals surface area contributed by atoms with E-state index in [1.165, 1.54) is 24.8 Å². The van der Waals surface area contributed by atoms with Crippen molar-refractivity contribution in [3.05, 3.63) is 95.8 Å². The quantitative estimate of drug-likeness (QED) is 0.271. The standard InChI is InChI=1S/C26H23FN4O2S/c1-17(32)20-11-8-12-21(15-20)28-25(33)18(2)34-26-30-29-24(22-13-6-7-14-23(22)27)31(26)16-19-9-4-3-5-10-19/h3-15,18H,16H2,1-2H3,(H,28,33). The number of Topliss-reactive ketones (excluding diaryl/α,β-unsaturated/α-hetero) is 1. The number of nitrogens with zero attached hydrogens (tertiary/aromatic N) is 3. The van der Waals surface area contributed by atoms with E-state index in [1.54, 1.807) is 49.4 Å². The van der Waals surface area contributed by atoms with Gasteiger partial charge in [0.15, 0.2) is 16.8 Å². The van der Waals surface area contributed by atoms with Crippen LogP contribution in [0, 0.1) is 5.82 Å². The van der Waals surface area contributed by atoms with Gasteiger partial charge in [-0.1, -0.05) is 66.4 Å². The highest BCUT2D eigenvalue weighted by Gasteiger charge is 2.22. The topological polar surface area (TPSA) is 76.9 Å². The van der Waals surface area contributed by atoms with Gasteiger partial charge in [0.1, 0.15) is 5.82 Å². The Balaban J connectivity index is 1.59. The van der Waals surface area contributed by atoms with Crippen LogP contribution in [0.3, 0.4) is 0 Å². The number of hydrogen-bond acceptors (Lipinski definition) is 5. The molecule has 0 radical (unpaired) electrons. The first-order valence-electron chi connectivity index (χ1n) is 10.7. The fourth-order valence-electron chi connectivity index (χ4n) is 3.40. The second-order valence-electron chi connectivity index (χ2n) is 7.74. The van der Waals surface area contributed by atoms with E-state index >= 15 is 0 Å². The first kappa shape index (κ1) is 23.4. The van der Waals surface area contributed by atoms with Crippen LogP contribution in [0.1, 0.15) is 29.8 Å². The Hall–Kier alpha value is -3.78. The van der Waals surface area contributed by atoms with E-state index in [2.05, 4.69) is 15.5 Å². The molecule has 34 heavy (non-hydrogen) atoms. The molecule has 0 saturated heterocycles. The summed E-state index contributed by atoms with van der Waals surface area (Å²) in [5.41, 5.74) is 2.41. The molecule has 6 nitrogen and oxygen atoms in total. The minimum absolute atomic E-state index is 0.0757. The van der Waals surface area contributed by atoms with Gasteiger partial charge in [0.2, 0.25) is 5.91 Å². The molecule has 1 amide bonds. The number of anilines is 1. The second kappa shape index (κ2) is 10.4. The lowest BCUT2D eigenvalue weighted by Crippen LogP contribution is -2.23. The van der Waals surface area contributed by atoms with E-state index in [1.807, 2.05) is 34.9 Å². The van der Waals surface area contributed by atoms with Gasteiger partial charge in [-0.05, 0) is 43.7 Å². The zero-order valence-electron chi connectivity index (χ0n) is 18.7. The molecule has 8 heteroatoms. The molecule has 4 rings (SSSR count). The van der Waals surface area contributed by atoms with E-state index in [4.69, 9.17) is 0 Å². The Morgan fingerprint density at radius 3 is 2.47 bits per heavy atom. The highest BCUT2D eigenvalue weighted by molar-refractivity contribution is 8.00. The molecule has 0 aliphatic heterocycles. The monoisotopic (exact) mass is 474 g/mol. The predicted octanol–water partition coefficient (Wildman–Crippen LogP) is 5.45. The van der Waals surface area contributed by atoms with Crippen LogP contribution in [0.2, 0.25) is 0 Å². The molecule has 0 bridgehead atoms. The zero-order valence-corrected chi connectivity index (χ0v) is 19.6. The third kappa shape index (κ3) is 5.40. The molecule has 0 aliphatic rings. The van der Waals surface area contributed by atoms with E-state index in [-0.39, 0.29) is 11.7 Å². The number of hydrogen-bond donors (Lipinski definition) is 1. The Morgan fingerprint density at radius 2 is 1.74 bits per heavy atom. The van der Waals surface area contributed by atoms with Crippen molar-refractivity contribution in [3.8, 4) is 11.4 Å². The van der Waals surface area contributed by atoms with Crippen LogP contribution in [0.15, 0.2) is 84.0 Å². The third-order valence-electron chi connectivity index (χ3n) is 5.20. The van der Waals surface area contributed by atoms with Gasteiger partial charge in [-0.25, -0.2) is 4.39 Å². The molecule has 1 unspecified atom stereocenters. The number of aromatic nitrogens is 3. The van der Waals surface area contributed by atoms with Crippen LogP contribution >= 0.6 is 11.8 Å². The van der Waals surface area contributed by atoms with Crippen LogP contribution in [-0.4, -0.2) is 31.7 Å². The highest BCUT2D eigenvalue weighted by atomic mass is 32.2. The van der Waals surface area contributed by atoms with Gasteiger partial charge in [0.25, 0.3) is 0 Å². The normalized spacial score (nSPS) is 11.7. The summed E-state index contributed by atoms with van der Waals surface area (Å²) in [7, 11) is 0. The van der Waals surface area contributed by atoms with Crippen LogP contribution in [-0.2, 0) is 11.3 Å². The second-order valence-corrected chi connectivity index (χ2v) is 9.05. The number of ketones is 1. The summed E-state index contributed by atoms with van der Waals surface area (Å²) >= 11 is 1.24. The first-order valence-corrected chi connectivity index (χ1v) is 11.6. The average Bonchev–Trinajstić information content (AvgIpc) is 3.21. The SMILES string of the molecule is CC(=O)c1cccc(NC(=O)C(C)Sc2nnc(-c3ccccc3F)n2Cc2ccccc2)c1. The van der Waals surface area contributed by atoms with Crippen LogP contribution < -0.4 is 5.32 Å². The van der Waals surface area contributed by atoms with Gasteiger partial charge in [0, 0.05) is 11.3 Å². The maximum absolute atomic E-state index is 14.5. The molecule has 0 fully saturated rings. The van der Waals surface area contributed by atoms with Crippen molar-refractivity contribution < 1.29 is 14.0 Å². The fourth-order valence-corrected chi connectivity index (χ4v) is 4.25. The summed E-state index contributed by atoms with van der Waals surface area (Å²) in [5.74, 6) is -0.316. The van der Waals surface area contributed by atoms with Gasteiger partial charge in [-0.15, -0.1) is 10.2 Å². The summed E-state index contributed by atoms with van der Waals surface area (Å²) in [6.07, 6.45) is 0. The molecule has 4 aromatic rings. The minimum atomic E-state index is -0.520. The molecule has 1 atom stereocenters. The molecule has 0 spiro atoms. The van der Waals surface area contributed by atoms with Gasteiger partial charge in [-0.3, -0.25) is 14.2 Å². The van der Waals surface area contributed by atoms with E-state index < -0.39 is 11.1 Å². The number of thioether (sulfide) groups is 1. The number of rotatable bonds is 8. The summed E-state index contributed by atoms with van der Waals surface area (Å²) in [5, 5.41) is 11.4. The third-order valence-corrected chi connectivity index (χ3v) is 6.28. The van der Waals surface area contributed by atoms with Crippen LogP contribution in [0.25, 0.3) is 11.4 Å². The average molecular weight is 475 g/mol. The Labute approximate surface area is 201 Å². The van der Waals surface area contributed by atoms with Crippen LogP contribution in [0.5, 0.6) is 0 Å². The van der Waals surface area contributed by atoms with Crippen molar-refractivity contribution in [1.29, 1.82) is 0 Å². The number of carbonyl (C=O) groups excluding carboxylic acids is 2. The van der Waals surface area contributed by atoms with E-state index in [9.17, 15) is 14.0 Å². The van der Waals surface area contributed by atoms with Gasteiger partial charge >= 0.3 is 0 Å². The molecular formula is C26H23FN4O2S. The fraction of sp³-hybridized carbons (Fsp3) is 0.154. The number of nitrogens with one attached hydrogen (secondary N) is 1. The molecule has 1 aromatic heterocycles. The van der Waals surface area contributed by atoms with Gasteiger partial charge < -0.3 is 5.32 Å². The number of amides is 1. The lowest BCUT2D eigenvalue weighted by Gasteiger charge is -2.14. The minimum Gasteiger partial charge on any atom is -0.325 e. The Morgan fingerprint density at radius 1 is 1.00 bits per heavy atom. The molecule has 0 aliphatic carbocycles. The maximum atomic E-state index is 14.5. The molecule has 3 aromatic carbocycles.